The Hall–Kier alpha value is -0.990. The van der Waals surface area contributed by atoms with Crippen LogP contribution >= 0.6 is 11.3 Å². The molecule has 1 aromatic rings. The molecule has 1 aliphatic rings. The number of piperidine rings is 1. The van der Waals surface area contributed by atoms with Crippen LogP contribution in [0.2, 0.25) is 0 Å². The third-order valence-electron chi connectivity index (χ3n) is 3.78. The molecule has 0 saturated carbocycles. The number of carbonyl (C=O) groups is 1. The van der Waals surface area contributed by atoms with Gasteiger partial charge in [0, 0.05) is 13.1 Å². The first-order chi connectivity index (χ1) is 9.37. The molecule has 1 aliphatic heterocycles. The van der Waals surface area contributed by atoms with Gasteiger partial charge in [0.05, 0.1) is 12.6 Å². The molecule has 0 spiro atoms. The minimum Gasteiger partial charge on any atom is -0.464 e. The molecule has 1 fully saturated rings. The van der Waals surface area contributed by atoms with Crippen LogP contribution in [-0.4, -0.2) is 43.9 Å². The number of hydrogen-bond donors (Lipinski definition) is 0. The van der Waals surface area contributed by atoms with E-state index in [1.807, 2.05) is 6.92 Å². The van der Waals surface area contributed by atoms with Crippen molar-refractivity contribution in [1.82, 2.24) is 9.29 Å². The monoisotopic (exact) mass is 318 g/mol. The second-order valence-corrected chi connectivity index (χ2v) is 8.07. The second kappa shape index (κ2) is 5.79. The molecule has 0 aromatic carbocycles. The first kappa shape index (κ1) is 15.4. The molecule has 112 valence electrons. The van der Waals surface area contributed by atoms with E-state index in [0.29, 0.717) is 24.9 Å². The lowest BCUT2D eigenvalue weighted by atomic mass is 9.90. The van der Waals surface area contributed by atoms with Crippen molar-refractivity contribution in [2.45, 2.75) is 24.5 Å². The van der Waals surface area contributed by atoms with Crippen molar-refractivity contribution >= 4 is 27.3 Å². The van der Waals surface area contributed by atoms with Gasteiger partial charge in [-0.15, -0.1) is 11.3 Å². The van der Waals surface area contributed by atoms with Crippen molar-refractivity contribution in [3.63, 3.8) is 0 Å². The zero-order valence-corrected chi connectivity index (χ0v) is 13.3. The summed E-state index contributed by atoms with van der Waals surface area (Å²) in [5.74, 6) is 0.0827. The zero-order valence-electron chi connectivity index (χ0n) is 11.7. The molecule has 0 bridgehead atoms. The average molecular weight is 318 g/mol. The maximum Gasteiger partial charge on any atom is 0.358 e. The van der Waals surface area contributed by atoms with Crippen molar-refractivity contribution in [2.24, 2.45) is 11.8 Å². The molecular weight excluding hydrogens is 300 g/mol. The Morgan fingerprint density at radius 1 is 1.45 bits per heavy atom. The molecule has 2 heterocycles. The fourth-order valence-electron chi connectivity index (χ4n) is 2.21. The number of rotatable bonds is 3. The van der Waals surface area contributed by atoms with E-state index in [1.165, 1.54) is 16.9 Å². The lowest BCUT2D eigenvalue weighted by Crippen LogP contribution is -2.42. The Kier molecular flexibility index (Phi) is 4.46. The Labute approximate surface area is 122 Å². The fourth-order valence-corrected chi connectivity index (χ4v) is 5.04. The van der Waals surface area contributed by atoms with Gasteiger partial charge < -0.3 is 4.74 Å². The Morgan fingerprint density at radius 3 is 2.75 bits per heavy atom. The van der Waals surface area contributed by atoms with Gasteiger partial charge in [0.2, 0.25) is 0 Å². The van der Waals surface area contributed by atoms with E-state index >= 15 is 0 Å². The number of nitrogens with zero attached hydrogens (tertiary/aromatic N) is 2. The van der Waals surface area contributed by atoms with Crippen LogP contribution in [0.4, 0.5) is 0 Å². The molecular formula is C12H18N2O4S2. The van der Waals surface area contributed by atoms with Gasteiger partial charge in [0.1, 0.15) is 0 Å². The van der Waals surface area contributed by atoms with Gasteiger partial charge in [-0.05, 0) is 18.3 Å². The number of thiazole rings is 1. The number of carbonyl (C=O) groups excluding carboxylic acids is 1. The maximum absolute atomic E-state index is 12.6. The van der Waals surface area contributed by atoms with Crippen LogP contribution in [0.15, 0.2) is 9.72 Å². The number of sulfonamides is 1. The van der Waals surface area contributed by atoms with Gasteiger partial charge in [0.15, 0.2) is 9.90 Å². The van der Waals surface area contributed by atoms with Crippen LogP contribution in [0, 0.1) is 11.8 Å². The van der Waals surface area contributed by atoms with Gasteiger partial charge >= 0.3 is 5.97 Å². The Balaban J connectivity index is 2.32. The second-order valence-electron chi connectivity index (χ2n) is 5.09. The molecule has 0 amide bonds. The highest BCUT2D eigenvalue weighted by molar-refractivity contribution is 7.91. The van der Waals surface area contributed by atoms with E-state index < -0.39 is 16.0 Å². The van der Waals surface area contributed by atoms with E-state index in [4.69, 9.17) is 0 Å². The largest absolute Gasteiger partial charge is 0.464 e. The lowest BCUT2D eigenvalue weighted by molar-refractivity contribution is 0.0590. The standard InChI is InChI=1S/C12H18N2O4S2/c1-8-4-5-14(6-9(8)2)20(16,17)12-10(11(15)18-3)13-7-19-12/h7-9H,4-6H2,1-3H3. The first-order valence-corrected chi connectivity index (χ1v) is 8.71. The summed E-state index contributed by atoms with van der Waals surface area (Å²) in [6.45, 7) is 5.12. The van der Waals surface area contributed by atoms with Gasteiger partial charge in [-0.3, -0.25) is 0 Å². The van der Waals surface area contributed by atoms with Crippen molar-refractivity contribution in [1.29, 1.82) is 0 Å². The van der Waals surface area contributed by atoms with Crippen LogP contribution in [0.3, 0.4) is 0 Å². The highest BCUT2D eigenvalue weighted by atomic mass is 32.2. The third kappa shape index (κ3) is 2.72. The first-order valence-electron chi connectivity index (χ1n) is 6.40. The smallest absolute Gasteiger partial charge is 0.358 e. The van der Waals surface area contributed by atoms with E-state index in [0.717, 1.165) is 17.8 Å². The average Bonchev–Trinajstić information content (AvgIpc) is 2.90. The van der Waals surface area contributed by atoms with Crippen LogP contribution in [0.1, 0.15) is 30.8 Å². The predicted octanol–water partition coefficient (Wildman–Crippen LogP) is 1.60. The summed E-state index contributed by atoms with van der Waals surface area (Å²) in [6.07, 6.45) is 0.826. The van der Waals surface area contributed by atoms with Crippen LogP contribution in [-0.2, 0) is 14.8 Å². The molecule has 6 nitrogen and oxygen atoms in total. The zero-order chi connectivity index (χ0) is 14.9. The van der Waals surface area contributed by atoms with Crippen molar-refractivity contribution < 1.29 is 17.9 Å². The molecule has 20 heavy (non-hydrogen) atoms. The van der Waals surface area contributed by atoms with Crippen LogP contribution in [0.5, 0.6) is 0 Å². The van der Waals surface area contributed by atoms with E-state index in [2.05, 4.69) is 16.6 Å². The fraction of sp³-hybridized carbons (Fsp3) is 0.667. The van der Waals surface area contributed by atoms with Crippen molar-refractivity contribution in [3.05, 3.63) is 11.2 Å². The molecule has 8 heteroatoms. The molecule has 0 N–H and O–H groups in total. The van der Waals surface area contributed by atoms with Crippen LogP contribution in [0.25, 0.3) is 0 Å². The lowest BCUT2D eigenvalue weighted by Gasteiger charge is -2.34. The Bertz CT molecular complexity index is 596. The van der Waals surface area contributed by atoms with Crippen molar-refractivity contribution in [3.8, 4) is 0 Å². The maximum atomic E-state index is 12.6. The van der Waals surface area contributed by atoms with E-state index in [-0.39, 0.29) is 9.90 Å². The van der Waals surface area contributed by atoms with Crippen molar-refractivity contribution in [2.75, 3.05) is 20.2 Å². The minimum absolute atomic E-state index is 0.0221. The predicted molar refractivity (Wildman–Crippen MR) is 75.2 cm³/mol. The summed E-state index contributed by atoms with van der Waals surface area (Å²) in [5, 5.41) is 0. The summed E-state index contributed by atoms with van der Waals surface area (Å²) < 4.78 is 31.3. The molecule has 1 saturated heterocycles. The molecule has 1 aromatic heterocycles. The van der Waals surface area contributed by atoms with Gasteiger partial charge in [-0.1, -0.05) is 13.8 Å². The minimum atomic E-state index is -3.67. The number of ether oxygens (including phenoxy) is 1. The van der Waals surface area contributed by atoms with E-state index in [9.17, 15) is 13.2 Å². The molecule has 0 aliphatic carbocycles. The van der Waals surface area contributed by atoms with E-state index in [1.54, 1.807) is 0 Å². The quantitative estimate of drug-likeness (QED) is 0.791. The van der Waals surface area contributed by atoms with Gasteiger partial charge in [-0.2, -0.15) is 4.31 Å². The van der Waals surface area contributed by atoms with Gasteiger partial charge in [0.25, 0.3) is 10.0 Å². The summed E-state index contributed by atoms with van der Waals surface area (Å²) in [6, 6.07) is 0. The topological polar surface area (TPSA) is 76.6 Å². The van der Waals surface area contributed by atoms with Crippen LogP contribution < -0.4 is 0 Å². The molecule has 2 rings (SSSR count). The number of esters is 1. The number of methoxy groups -OCH3 is 1. The molecule has 2 unspecified atom stereocenters. The number of aromatic nitrogens is 1. The normalized spacial score (nSPS) is 24.6. The third-order valence-corrected chi connectivity index (χ3v) is 7.00. The SMILES string of the molecule is COC(=O)c1ncsc1S(=O)(=O)N1CCC(C)C(C)C1. The highest BCUT2D eigenvalue weighted by Gasteiger charge is 2.35. The Morgan fingerprint density at radius 2 is 2.15 bits per heavy atom. The summed E-state index contributed by atoms with van der Waals surface area (Å²) >= 11 is 0.954. The summed E-state index contributed by atoms with van der Waals surface area (Å²) in [4.78, 5) is 15.4. The molecule has 2 atom stereocenters. The number of hydrogen-bond acceptors (Lipinski definition) is 6. The summed E-state index contributed by atoms with van der Waals surface area (Å²) in [7, 11) is -2.46. The molecule has 0 radical (unpaired) electrons. The summed E-state index contributed by atoms with van der Waals surface area (Å²) in [5.41, 5.74) is 1.23. The van der Waals surface area contributed by atoms with Gasteiger partial charge in [-0.25, -0.2) is 18.2 Å². The highest BCUT2D eigenvalue weighted by Crippen LogP contribution is 2.30.